The van der Waals surface area contributed by atoms with E-state index in [0.717, 1.165) is 0 Å². The highest BCUT2D eigenvalue weighted by Crippen LogP contribution is 2.20. The maximum absolute atomic E-state index is 12.5. The summed E-state index contributed by atoms with van der Waals surface area (Å²) in [5.74, 6) is -0.851. The van der Waals surface area contributed by atoms with E-state index in [1.807, 2.05) is 0 Å². The van der Waals surface area contributed by atoms with Crippen molar-refractivity contribution in [3.63, 3.8) is 0 Å². The molecule has 0 spiro atoms. The van der Waals surface area contributed by atoms with Crippen LogP contribution in [0.25, 0.3) is 0 Å². The Morgan fingerprint density at radius 3 is 2.64 bits per heavy atom. The maximum Gasteiger partial charge on any atom is 0.342 e. The molecule has 1 N–H and O–H groups in total. The van der Waals surface area contributed by atoms with Crippen LogP contribution in [-0.4, -0.2) is 56.5 Å². The second-order valence-corrected chi connectivity index (χ2v) is 7.84. The SMILES string of the molecule is COc1ccc(NC(=O)[C@@H](C)OC(=O)C2=CC=CN3CCS(=O)(=O)N=C23)cc1. The molecule has 2 aliphatic heterocycles. The monoisotopic (exact) mass is 405 g/mol. The van der Waals surface area contributed by atoms with Crippen LogP contribution < -0.4 is 10.1 Å². The average molecular weight is 405 g/mol. The van der Waals surface area contributed by atoms with Crippen LogP contribution in [0.15, 0.2) is 52.6 Å². The number of nitrogens with one attached hydrogen (secondary N) is 1. The molecule has 0 fully saturated rings. The molecule has 10 heteroatoms. The van der Waals surface area contributed by atoms with E-state index in [4.69, 9.17) is 9.47 Å². The number of esters is 1. The van der Waals surface area contributed by atoms with E-state index < -0.39 is 28.0 Å². The van der Waals surface area contributed by atoms with Gasteiger partial charge in [-0.25, -0.2) is 13.2 Å². The summed E-state index contributed by atoms with van der Waals surface area (Å²) in [6, 6.07) is 6.67. The Balaban J connectivity index is 1.67. The summed E-state index contributed by atoms with van der Waals surface area (Å²) in [7, 11) is -2.10. The highest BCUT2D eigenvalue weighted by Gasteiger charge is 2.32. The zero-order valence-electron chi connectivity index (χ0n) is 15.3. The van der Waals surface area contributed by atoms with Crippen LogP contribution in [0.4, 0.5) is 5.69 Å². The third-order valence-electron chi connectivity index (χ3n) is 4.09. The third-order valence-corrected chi connectivity index (χ3v) is 5.24. The summed E-state index contributed by atoms with van der Waals surface area (Å²) in [6.45, 7) is 1.61. The first kappa shape index (κ1) is 19.6. The maximum atomic E-state index is 12.5. The standard InChI is InChI=1S/C18H19N3O6S/c1-12(17(22)19-13-5-7-14(26-2)8-6-13)27-18(23)15-4-3-9-21-10-11-28(24,25)20-16(15)21/h3-9,12H,10-11H2,1-2H3,(H,19,22)/t12-/m1/s1. The molecule has 3 rings (SSSR count). The van der Waals surface area contributed by atoms with Gasteiger partial charge in [0.1, 0.15) is 11.3 Å². The van der Waals surface area contributed by atoms with E-state index >= 15 is 0 Å². The van der Waals surface area contributed by atoms with Crippen LogP contribution in [0.5, 0.6) is 5.75 Å². The number of carbonyl (C=O) groups is 2. The van der Waals surface area contributed by atoms with Crippen LogP contribution >= 0.6 is 0 Å². The molecule has 148 valence electrons. The quantitative estimate of drug-likeness (QED) is 0.729. The van der Waals surface area contributed by atoms with E-state index in [-0.39, 0.29) is 23.7 Å². The van der Waals surface area contributed by atoms with Crippen LogP contribution in [0.1, 0.15) is 6.92 Å². The minimum atomic E-state index is -3.64. The van der Waals surface area contributed by atoms with Gasteiger partial charge in [-0.05, 0) is 43.3 Å². The number of allylic oxidation sites excluding steroid dienone is 2. The number of amides is 1. The normalized spacial score (nSPS) is 18.3. The van der Waals surface area contributed by atoms with Gasteiger partial charge in [0, 0.05) is 18.4 Å². The Kier molecular flexibility index (Phi) is 5.50. The summed E-state index contributed by atoms with van der Waals surface area (Å²) in [4.78, 5) is 26.3. The molecule has 28 heavy (non-hydrogen) atoms. The lowest BCUT2D eigenvalue weighted by atomic mass is 10.1. The van der Waals surface area contributed by atoms with Gasteiger partial charge in [0.05, 0.1) is 12.9 Å². The number of amidine groups is 1. The molecule has 1 atom stereocenters. The Morgan fingerprint density at radius 1 is 1.25 bits per heavy atom. The van der Waals surface area contributed by atoms with E-state index in [9.17, 15) is 18.0 Å². The summed E-state index contributed by atoms with van der Waals surface area (Å²) in [5.41, 5.74) is 0.498. The van der Waals surface area contributed by atoms with Gasteiger partial charge < -0.3 is 19.7 Å². The van der Waals surface area contributed by atoms with Crippen molar-refractivity contribution in [3.8, 4) is 5.75 Å². The third kappa shape index (κ3) is 4.39. The minimum absolute atomic E-state index is 0.00140. The molecule has 0 radical (unpaired) electrons. The zero-order valence-corrected chi connectivity index (χ0v) is 16.1. The number of fused-ring (bicyclic) bond motifs is 1. The minimum Gasteiger partial charge on any atom is -0.497 e. The first-order valence-electron chi connectivity index (χ1n) is 8.43. The van der Waals surface area contributed by atoms with Crippen molar-refractivity contribution in [3.05, 3.63) is 48.2 Å². The van der Waals surface area contributed by atoms with Crippen molar-refractivity contribution in [2.45, 2.75) is 13.0 Å². The number of rotatable bonds is 5. The molecule has 1 aromatic rings. The lowest BCUT2D eigenvalue weighted by molar-refractivity contribution is -0.148. The molecule has 2 aliphatic rings. The van der Waals surface area contributed by atoms with Crippen LogP contribution in [-0.2, 0) is 24.3 Å². The van der Waals surface area contributed by atoms with Crippen molar-refractivity contribution in [1.82, 2.24) is 4.90 Å². The number of hydrogen-bond donors (Lipinski definition) is 1. The first-order chi connectivity index (χ1) is 13.3. The molecule has 0 unspecified atom stereocenters. The fourth-order valence-corrected chi connectivity index (χ4v) is 3.56. The highest BCUT2D eigenvalue weighted by molar-refractivity contribution is 7.90. The lowest BCUT2D eigenvalue weighted by Crippen LogP contribution is -2.41. The largest absolute Gasteiger partial charge is 0.497 e. The summed E-state index contributed by atoms with van der Waals surface area (Å²) < 4.78 is 37.4. The molecule has 1 amide bonds. The van der Waals surface area contributed by atoms with Crippen molar-refractivity contribution in [2.24, 2.45) is 4.40 Å². The number of methoxy groups -OCH3 is 1. The second-order valence-electron chi connectivity index (χ2n) is 6.08. The highest BCUT2D eigenvalue weighted by atomic mass is 32.2. The van der Waals surface area contributed by atoms with Gasteiger partial charge in [-0.15, -0.1) is 4.40 Å². The summed E-state index contributed by atoms with van der Waals surface area (Å²) >= 11 is 0. The Bertz CT molecular complexity index is 979. The predicted octanol–water partition coefficient (Wildman–Crippen LogP) is 1.06. The predicted molar refractivity (Wildman–Crippen MR) is 102 cm³/mol. The molecule has 0 saturated heterocycles. The fourth-order valence-electron chi connectivity index (χ4n) is 2.57. The van der Waals surface area contributed by atoms with Crippen LogP contribution in [0.2, 0.25) is 0 Å². The zero-order chi connectivity index (χ0) is 20.3. The van der Waals surface area contributed by atoms with E-state index in [2.05, 4.69) is 9.71 Å². The van der Waals surface area contributed by atoms with Crippen LogP contribution in [0, 0.1) is 0 Å². The van der Waals surface area contributed by atoms with Gasteiger partial charge >= 0.3 is 5.97 Å². The van der Waals surface area contributed by atoms with Crippen molar-refractivity contribution < 1.29 is 27.5 Å². The second kappa shape index (κ2) is 7.85. The van der Waals surface area contributed by atoms with Gasteiger partial charge in [0.15, 0.2) is 11.9 Å². The Hall–Kier alpha value is -3.14. The summed E-state index contributed by atoms with van der Waals surface area (Å²) in [5, 5.41) is 2.63. The number of nitrogens with zero attached hydrogens (tertiary/aromatic N) is 2. The molecule has 9 nitrogen and oxygen atoms in total. The Labute approximate surface area is 162 Å². The number of sulfonamides is 1. The van der Waals surface area contributed by atoms with Gasteiger partial charge in [-0.2, -0.15) is 0 Å². The number of benzene rings is 1. The summed E-state index contributed by atoms with van der Waals surface area (Å²) in [6.07, 6.45) is 3.53. The molecule has 0 aliphatic carbocycles. The number of ether oxygens (including phenoxy) is 2. The average Bonchev–Trinajstić information content (AvgIpc) is 2.67. The van der Waals surface area contributed by atoms with Crippen molar-refractivity contribution in [2.75, 3.05) is 24.7 Å². The van der Waals surface area contributed by atoms with Gasteiger partial charge in [0.25, 0.3) is 15.9 Å². The molecular weight excluding hydrogens is 386 g/mol. The smallest absolute Gasteiger partial charge is 0.342 e. The Morgan fingerprint density at radius 2 is 1.96 bits per heavy atom. The molecule has 0 aromatic heterocycles. The van der Waals surface area contributed by atoms with Crippen molar-refractivity contribution in [1.29, 1.82) is 0 Å². The fraction of sp³-hybridized carbons (Fsp3) is 0.278. The van der Waals surface area contributed by atoms with Crippen molar-refractivity contribution >= 4 is 33.4 Å². The molecule has 0 saturated carbocycles. The number of hydrogen-bond acceptors (Lipinski definition) is 7. The van der Waals surface area contributed by atoms with Gasteiger partial charge in [-0.1, -0.05) is 0 Å². The number of carbonyl (C=O) groups excluding carboxylic acids is 2. The molecule has 0 bridgehead atoms. The molecule has 1 aromatic carbocycles. The van der Waals surface area contributed by atoms with Crippen LogP contribution in [0.3, 0.4) is 0 Å². The lowest BCUT2D eigenvalue weighted by Gasteiger charge is -2.28. The number of anilines is 1. The van der Waals surface area contributed by atoms with E-state index in [0.29, 0.717) is 11.4 Å². The van der Waals surface area contributed by atoms with E-state index in [1.54, 1.807) is 41.4 Å². The van der Waals surface area contributed by atoms with E-state index in [1.165, 1.54) is 20.1 Å². The van der Waals surface area contributed by atoms with Gasteiger partial charge in [-0.3, -0.25) is 4.79 Å². The first-order valence-corrected chi connectivity index (χ1v) is 10.0. The topological polar surface area (TPSA) is 114 Å². The molecule has 2 heterocycles. The molecular formula is C18H19N3O6S. The van der Waals surface area contributed by atoms with Gasteiger partial charge in [0.2, 0.25) is 0 Å².